The molecule has 0 fully saturated rings. The number of aromatic nitrogens is 1. The maximum Gasteiger partial charge on any atom is 0.222 e. The van der Waals surface area contributed by atoms with E-state index in [1.54, 1.807) is 18.2 Å². The van der Waals surface area contributed by atoms with Crippen molar-refractivity contribution in [3.05, 3.63) is 36.1 Å². The summed E-state index contributed by atoms with van der Waals surface area (Å²) in [6.07, 6.45) is 0. The molecule has 0 saturated carbocycles. The van der Waals surface area contributed by atoms with Crippen molar-refractivity contribution in [1.29, 1.82) is 0 Å². The second-order valence-corrected chi connectivity index (χ2v) is 3.21. The van der Waals surface area contributed by atoms with Crippen LogP contribution < -0.4 is 5.32 Å². The lowest BCUT2D eigenvalue weighted by Gasteiger charge is -2.02. The lowest BCUT2D eigenvalue weighted by Crippen LogP contribution is -2.07. The van der Waals surface area contributed by atoms with Gasteiger partial charge in [0, 0.05) is 12.3 Å². The number of rotatable bonds is 1. The first-order chi connectivity index (χ1) is 7.15. The van der Waals surface area contributed by atoms with E-state index >= 15 is 0 Å². The highest BCUT2D eigenvalue weighted by atomic mass is 19.1. The van der Waals surface area contributed by atoms with Gasteiger partial charge in [0.25, 0.3) is 0 Å². The van der Waals surface area contributed by atoms with Crippen molar-refractivity contribution in [2.24, 2.45) is 0 Å². The molecule has 0 bridgehead atoms. The third kappa shape index (κ3) is 2.10. The third-order valence-electron chi connectivity index (χ3n) is 1.96. The van der Waals surface area contributed by atoms with E-state index in [0.29, 0.717) is 16.7 Å². The summed E-state index contributed by atoms with van der Waals surface area (Å²) >= 11 is 0. The molecule has 3 nitrogen and oxygen atoms in total. The number of halogens is 1. The molecular formula is C11H9FN2O. The quantitative estimate of drug-likeness (QED) is 0.774. The number of anilines is 1. The van der Waals surface area contributed by atoms with Gasteiger partial charge in [0.2, 0.25) is 5.91 Å². The Balaban J connectivity index is 2.47. The number of hydrogen-bond donors (Lipinski definition) is 1. The minimum Gasteiger partial charge on any atom is -0.311 e. The van der Waals surface area contributed by atoms with Crippen LogP contribution in [0.15, 0.2) is 30.3 Å². The largest absolute Gasteiger partial charge is 0.311 e. The van der Waals surface area contributed by atoms with Gasteiger partial charge in [0.05, 0.1) is 5.52 Å². The van der Waals surface area contributed by atoms with Crippen LogP contribution in [0.4, 0.5) is 10.2 Å². The maximum atomic E-state index is 12.8. The lowest BCUT2D eigenvalue weighted by atomic mass is 10.2. The van der Waals surface area contributed by atoms with Crippen LogP contribution in [0.5, 0.6) is 0 Å². The van der Waals surface area contributed by atoms with E-state index in [4.69, 9.17) is 0 Å². The number of amides is 1. The van der Waals surface area contributed by atoms with Crippen molar-refractivity contribution >= 4 is 22.6 Å². The van der Waals surface area contributed by atoms with Gasteiger partial charge in [-0.15, -0.1) is 0 Å². The van der Waals surface area contributed by atoms with Crippen molar-refractivity contribution in [2.75, 3.05) is 5.32 Å². The average Bonchev–Trinajstić information content (AvgIpc) is 2.17. The third-order valence-corrected chi connectivity index (χ3v) is 1.96. The summed E-state index contributed by atoms with van der Waals surface area (Å²) < 4.78 is 12.8. The van der Waals surface area contributed by atoms with Gasteiger partial charge in [0.15, 0.2) is 0 Å². The average molecular weight is 204 g/mol. The highest BCUT2D eigenvalue weighted by Gasteiger charge is 2.00. The highest BCUT2D eigenvalue weighted by molar-refractivity contribution is 5.89. The van der Waals surface area contributed by atoms with Crippen LogP contribution in [-0.2, 0) is 4.79 Å². The molecular weight excluding hydrogens is 195 g/mol. The number of carbonyl (C=O) groups is 1. The molecule has 2 aromatic rings. The molecule has 0 aliphatic rings. The summed E-state index contributed by atoms with van der Waals surface area (Å²) in [5.41, 5.74) is 0.655. The fourth-order valence-electron chi connectivity index (χ4n) is 1.35. The molecule has 1 heterocycles. The summed E-state index contributed by atoms with van der Waals surface area (Å²) in [6, 6.07) is 7.68. The molecule has 0 aliphatic carbocycles. The Morgan fingerprint density at radius 3 is 2.87 bits per heavy atom. The Bertz CT molecular complexity index is 525. The summed E-state index contributed by atoms with van der Waals surface area (Å²) in [4.78, 5) is 15.0. The van der Waals surface area contributed by atoms with E-state index in [2.05, 4.69) is 10.3 Å². The Morgan fingerprint density at radius 1 is 1.33 bits per heavy atom. The lowest BCUT2D eigenvalue weighted by molar-refractivity contribution is -0.114. The standard InChI is InChI=1S/C11H9FN2O/c1-7(15)13-11-5-2-8-6-9(12)3-4-10(8)14-11/h2-6H,1H3,(H,13,14,15). The predicted octanol–water partition coefficient (Wildman–Crippen LogP) is 2.33. The molecule has 76 valence electrons. The van der Waals surface area contributed by atoms with Crippen LogP contribution >= 0.6 is 0 Å². The first kappa shape index (κ1) is 9.58. The summed E-state index contributed by atoms with van der Waals surface area (Å²) in [6.45, 7) is 1.41. The zero-order valence-corrected chi connectivity index (χ0v) is 8.12. The number of nitrogens with one attached hydrogen (secondary N) is 1. The van der Waals surface area contributed by atoms with Gasteiger partial charge in [-0.1, -0.05) is 0 Å². The van der Waals surface area contributed by atoms with E-state index in [9.17, 15) is 9.18 Å². The summed E-state index contributed by atoms with van der Waals surface area (Å²) in [5, 5.41) is 3.28. The van der Waals surface area contributed by atoms with Crippen molar-refractivity contribution in [3.63, 3.8) is 0 Å². The molecule has 15 heavy (non-hydrogen) atoms. The fraction of sp³-hybridized carbons (Fsp3) is 0.0909. The van der Waals surface area contributed by atoms with Crippen molar-refractivity contribution in [1.82, 2.24) is 4.98 Å². The molecule has 4 heteroatoms. The molecule has 1 amide bonds. The summed E-state index contributed by atoms with van der Waals surface area (Å²) in [5.74, 6) is 0.00199. The number of carbonyl (C=O) groups excluding carboxylic acids is 1. The second kappa shape index (κ2) is 3.65. The molecule has 0 saturated heterocycles. The topological polar surface area (TPSA) is 42.0 Å². The molecule has 1 N–H and O–H groups in total. The monoisotopic (exact) mass is 204 g/mol. The zero-order valence-electron chi connectivity index (χ0n) is 8.12. The van der Waals surface area contributed by atoms with Crippen LogP contribution in [0.25, 0.3) is 10.9 Å². The van der Waals surface area contributed by atoms with Crippen LogP contribution in [0.1, 0.15) is 6.92 Å². The predicted molar refractivity (Wildman–Crippen MR) is 56.0 cm³/mol. The van der Waals surface area contributed by atoms with Gasteiger partial charge in [-0.25, -0.2) is 9.37 Å². The van der Waals surface area contributed by atoms with Crippen molar-refractivity contribution < 1.29 is 9.18 Å². The van der Waals surface area contributed by atoms with Crippen LogP contribution in [0, 0.1) is 5.82 Å². The van der Waals surface area contributed by atoms with Crippen molar-refractivity contribution in [3.8, 4) is 0 Å². The second-order valence-electron chi connectivity index (χ2n) is 3.21. The molecule has 0 spiro atoms. The first-order valence-electron chi connectivity index (χ1n) is 4.49. The van der Waals surface area contributed by atoms with E-state index in [1.807, 2.05) is 0 Å². The van der Waals surface area contributed by atoms with Crippen LogP contribution in [0.3, 0.4) is 0 Å². The molecule has 0 atom stereocenters. The van der Waals surface area contributed by atoms with Gasteiger partial charge in [-0.3, -0.25) is 4.79 Å². The smallest absolute Gasteiger partial charge is 0.222 e. The number of pyridine rings is 1. The fourth-order valence-corrected chi connectivity index (χ4v) is 1.35. The van der Waals surface area contributed by atoms with Gasteiger partial charge in [-0.05, 0) is 30.3 Å². The van der Waals surface area contributed by atoms with Gasteiger partial charge in [0.1, 0.15) is 11.6 Å². The molecule has 0 unspecified atom stereocenters. The molecule has 0 aliphatic heterocycles. The number of nitrogens with zero attached hydrogens (tertiary/aromatic N) is 1. The van der Waals surface area contributed by atoms with Crippen LogP contribution in [0.2, 0.25) is 0 Å². The Morgan fingerprint density at radius 2 is 2.13 bits per heavy atom. The highest BCUT2D eigenvalue weighted by Crippen LogP contribution is 2.16. The number of hydrogen-bond acceptors (Lipinski definition) is 2. The Kier molecular flexibility index (Phi) is 2.33. The van der Waals surface area contributed by atoms with Crippen LogP contribution in [-0.4, -0.2) is 10.9 Å². The van der Waals surface area contributed by atoms with E-state index in [-0.39, 0.29) is 11.7 Å². The van der Waals surface area contributed by atoms with E-state index in [1.165, 1.54) is 19.1 Å². The van der Waals surface area contributed by atoms with E-state index < -0.39 is 0 Å². The Hall–Kier alpha value is -1.97. The SMILES string of the molecule is CC(=O)Nc1ccc2cc(F)ccc2n1. The zero-order chi connectivity index (χ0) is 10.8. The molecule has 2 rings (SSSR count). The molecule has 1 aromatic heterocycles. The first-order valence-corrected chi connectivity index (χ1v) is 4.49. The molecule has 1 aromatic carbocycles. The minimum absolute atomic E-state index is 0.177. The van der Waals surface area contributed by atoms with E-state index in [0.717, 1.165) is 0 Å². The Labute approximate surface area is 85.9 Å². The van der Waals surface area contributed by atoms with Gasteiger partial charge >= 0.3 is 0 Å². The number of benzene rings is 1. The molecule has 0 radical (unpaired) electrons. The number of fused-ring (bicyclic) bond motifs is 1. The van der Waals surface area contributed by atoms with Gasteiger partial charge < -0.3 is 5.32 Å². The van der Waals surface area contributed by atoms with Gasteiger partial charge in [-0.2, -0.15) is 0 Å². The minimum atomic E-state index is -0.295. The van der Waals surface area contributed by atoms with Crippen molar-refractivity contribution in [2.45, 2.75) is 6.92 Å². The normalized spacial score (nSPS) is 10.3. The maximum absolute atomic E-state index is 12.8. The summed E-state index contributed by atoms with van der Waals surface area (Å²) in [7, 11) is 0.